The highest BCUT2D eigenvalue weighted by atomic mass is 16.6. The minimum absolute atomic E-state index is 0. The minimum atomic E-state index is -0.811. The number of aryl methyl sites for hydroxylation is 4. The number of esters is 1. The Kier molecular flexibility index (Phi) is 8.84. The van der Waals surface area contributed by atoms with Crippen LogP contribution in [0.5, 0.6) is 11.5 Å². The highest BCUT2D eigenvalue weighted by Gasteiger charge is 2.19. The molecule has 4 aromatic rings. The fourth-order valence-electron chi connectivity index (χ4n) is 4.15. The first-order valence-electron chi connectivity index (χ1n) is 12.2. The summed E-state index contributed by atoms with van der Waals surface area (Å²) >= 11 is 0. The zero-order valence-electron chi connectivity index (χ0n) is 22.0. The zero-order chi connectivity index (χ0) is 26.7. The third-order valence-corrected chi connectivity index (χ3v) is 6.02. The average Bonchev–Trinajstić information content (AvgIpc) is 2.84. The van der Waals surface area contributed by atoms with Crippen molar-refractivity contribution in [2.45, 2.75) is 55.1 Å². The van der Waals surface area contributed by atoms with Crippen LogP contribution in [0.15, 0.2) is 54.6 Å². The number of hydrogen-bond donors (Lipinski definition) is 1. The SMILES string of the molecule is C.CCOC(=O)C(C)Oc1ccc(-c2nc(-c3ccc(C)cc3C)nc(-c3ccc(C)cc3C)n2)c(O)c1. The Morgan fingerprint density at radius 1 is 0.789 bits per heavy atom. The highest BCUT2D eigenvalue weighted by Crippen LogP contribution is 2.34. The Morgan fingerprint density at radius 2 is 1.26 bits per heavy atom. The molecule has 7 nitrogen and oxygen atoms in total. The van der Waals surface area contributed by atoms with E-state index in [1.54, 1.807) is 26.0 Å². The van der Waals surface area contributed by atoms with Gasteiger partial charge >= 0.3 is 5.97 Å². The average molecular weight is 514 g/mol. The summed E-state index contributed by atoms with van der Waals surface area (Å²) in [6.45, 7) is 11.7. The number of aromatic nitrogens is 3. The quantitative estimate of drug-likeness (QED) is 0.272. The Bertz CT molecular complexity index is 1400. The molecular formula is C31H35N3O4. The lowest BCUT2D eigenvalue weighted by molar-refractivity contribution is -0.150. The first-order valence-corrected chi connectivity index (χ1v) is 12.2. The number of aromatic hydroxyl groups is 1. The maximum absolute atomic E-state index is 11.9. The molecule has 1 heterocycles. The molecule has 1 aromatic heterocycles. The first-order chi connectivity index (χ1) is 17.7. The second kappa shape index (κ2) is 11.9. The fraction of sp³-hybridized carbons (Fsp3) is 0.290. The van der Waals surface area contributed by atoms with Crippen LogP contribution < -0.4 is 4.74 Å². The van der Waals surface area contributed by atoms with E-state index in [9.17, 15) is 9.90 Å². The summed E-state index contributed by atoms with van der Waals surface area (Å²) in [5.41, 5.74) is 6.60. The Hall–Kier alpha value is -4.26. The van der Waals surface area contributed by atoms with Crippen molar-refractivity contribution in [1.82, 2.24) is 15.0 Å². The molecule has 0 amide bonds. The van der Waals surface area contributed by atoms with Crippen molar-refractivity contribution in [2.75, 3.05) is 6.61 Å². The second-order valence-electron chi connectivity index (χ2n) is 9.13. The van der Waals surface area contributed by atoms with Crippen LogP contribution >= 0.6 is 0 Å². The van der Waals surface area contributed by atoms with Gasteiger partial charge in [0.2, 0.25) is 0 Å². The topological polar surface area (TPSA) is 94.4 Å². The predicted molar refractivity (Wildman–Crippen MR) is 150 cm³/mol. The number of ether oxygens (including phenoxy) is 2. The lowest BCUT2D eigenvalue weighted by Gasteiger charge is -2.15. The van der Waals surface area contributed by atoms with Gasteiger partial charge in [-0.3, -0.25) is 0 Å². The van der Waals surface area contributed by atoms with Crippen LogP contribution in [-0.4, -0.2) is 38.7 Å². The molecule has 4 rings (SSSR count). The maximum atomic E-state index is 11.9. The minimum Gasteiger partial charge on any atom is -0.507 e. The van der Waals surface area contributed by atoms with Gasteiger partial charge in [-0.25, -0.2) is 19.7 Å². The van der Waals surface area contributed by atoms with Crippen LogP contribution in [-0.2, 0) is 9.53 Å². The van der Waals surface area contributed by atoms with Crippen molar-refractivity contribution in [3.05, 3.63) is 76.9 Å². The van der Waals surface area contributed by atoms with E-state index >= 15 is 0 Å². The van der Waals surface area contributed by atoms with Gasteiger partial charge in [-0.05, 0) is 64.8 Å². The van der Waals surface area contributed by atoms with E-state index in [0.29, 0.717) is 28.8 Å². The van der Waals surface area contributed by atoms with Crippen molar-refractivity contribution in [2.24, 2.45) is 0 Å². The maximum Gasteiger partial charge on any atom is 0.347 e. The van der Waals surface area contributed by atoms with E-state index in [0.717, 1.165) is 33.4 Å². The molecule has 7 heteroatoms. The van der Waals surface area contributed by atoms with Gasteiger partial charge in [0.1, 0.15) is 11.5 Å². The van der Waals surface area contributed by atoms with E-state index in [4.69, 9.17) is 24.4 Å². The van der Waals surface area contributed by atoms with E-state index < -0.39 is 12.1 Å². The van der Waals surface area contributed by atoms with Crippen LogP contribution in [0.1, 0.15) is 43.5 Å². The predicted octanol–water partition coefficient (Wildman–Crippen LogP) is 6.78. The monoisotopic (exact) mass is 513 g/mol. The normalized spacial score (nSPS) is 11.4. The number of hydrogen-bond acceptors (Lipinski definition) is 7. The summed E-state index contributed by atoms with van der Waals surface area (Å²) in [6.07, 6.45) is -0.811. The van der Waals surface area contributed by atoms with Gasteiger partial charge < -0.3 is 14.6 Å². The van der Waals surface area contributed by atoms with E-state index in [1.807, 2.05) is 52.0 Å². The lowest BCUT2D eigenvalue weighted by atomic mass is 10.0. The molecule has 0 aliphatic heterocycles. The molecular weight excluding hydrogens is 478 g/mol. The molecule has 1 unspecified atom stereocenters. The highest BCUT2D eigenvalue weighted by molar-refractivity contribution is 5.75. The van der Waals surface area contributed by atoms with Crippen LogP contribution in [0.25, 0.3) is 34.2 Å². The molecule has 0 radical (unpaired) electrons. The molecule has 0 bridgehead atoms. The number of rotatable bonds is 7. The molecule has 1 atom stereocenters. The molecule has 198 valence electrons. The number of carbonyl (C=O) groups excluding carboxylic acids is 1. The number of phenolic OH excluding ortho intramolecular Hbond substituents is 1. The van der Waals surface area contributed by atoms with Crippen LogP contribution in [0.3, 0.4) is 0 Å². The summed E-state index contributed by atoms with van der Waals surface area (Å²) in [7, 11) is 0. The Balaban J connectivity index is 0.00000400. The van der Waals surface area contributed by atoms with Crippen LogP contribution in [0.2, 0.25) is 0 Å². The van der Waals surface area contributed by atoms with Crippen molar-refractivity contribution in [3.63, 3.8) is 0 Å². The van der Waals surface area contributed by atoms with Gasteiger partial charge in [0.15, 0.2) is 23.6 Å². The molecule has 0 spiro atoms. The summed E-state index contributed by atoms with van der Waals surface area (Å²) in [6, 6.07) is 17.0. The van der Waals surface area contributed by atoms with Crippen LogP contribution in [0.4, 0.5) is 0 Å². The van der Waals surface area contributed by atoms with Gasteiger partial charge in [0.05, 0.1) is 12.2 Å². The van der Waals surface area contributed by atoms with E-state index in [2.05, 4.69) is 12.1 Å². The number of benzene rings is 3. The molecule has 0 aliphatic rings. The first kappa shape index (κ1) is 28.3. The van der Waals surface area contributed by atoms with Gasteiger partial charge in [-0.2, -0.15) is 0 Å². The number of nitrogens with zero attached hydrogens (tertiary/aromatic N) is 3. The van der Waals surface area contributed by atoms with Gasteiger partial charge in [-0.15, -0.1) is 0 Å². The molecule has 1 N–H and O–H groups in total. The van der Waals surface area contributed by atoms with E-state index in [1.165, 1.54) is 6.07 Å². The third kappa shape index (κ3) is 6.17. The van der Waals surface area contributed by atoms with Crippen molar-refractivity contribution >= 4 is 5.97 Å². The van der Waals surface area contributed by atoms with Gasteiger partial charge in [-0.1, -0.05) is 55.0 Å². The van der Waals surface area contributed by atoms with Crippen molar-refractivity contribution < 1.29 is 19.4 Å². The Morgan fingerprint density at radius 3 is 1.71 bits per heavy atom. The standard InChI is InChI=1S/C30H31N3O4.CH4/c1-7-36-30(35)21(6)37-22-10-13-25(26(34)16-22)29-32-27(23-11-8-17(2)14-19(23)4)31-28(33-29)24-12-9-18(3)15-20(24)5;/h8-16,21,34H,7H2,1-6H3;1H4. The second-order valence-corrected chi connectivity index (χ2v) is 9.13. The summed E-state index contributed by atoms with van der Waals surface area (Å²) in [5.74, 6) is 1.17. The smallest absolute Gasteiger partial charge is 0.347 e. The molecule has 38 heavy (non-hydrogen) atoms. The molecule has 0 aliphatic carbocycles. The third-order valence-electron chi connectivity index (χ3n) is 6.02. The van der Waals surface area contributed by atoms with E-state index in [-0.39, 0.29) is 19.8 Å². The van der Waals surface area contributed by atoms with Gasteiger partial charge in [0.25, 0.3) is 0 Å². The van der Waals surface area contributed by atoms with Crippen molar-refractivity contribution in [1.29, 1.82) is 0 Å². The molecule has 3 aromatic carbocycles. The molecule has 0 saturated carbocycles. The summed E-state index contributed by atoms with van der Waals surface area (Å²) < 4.78 is 10.6. The number of phenols is 1. The summed E-state index contributed by atoms with van der Waals surface area (Å²) in [5, 5.41) is 10.9. The largest absolute Gasteiger partial charge is 0.507 e. The molecule has 0 fully saturated rings. The Labute approximate surface area is 224 Å². The van der Waals surface area contributed by atoms with Gasteiger partial charge in [0, 0.05) is 17.2 Å². The van der Waals surface area contributed by atoms with Crippen LogP contribution in [0, 0.1) is 27.7 Å². The summed E-state index contributed by atoms with van der Waals surface area (Å²) in [4.78, 5) is 26.2. The zero-order valence-corrected chi connectivity index (χ0v) is 22.0. The van der Waals surface area contributed by atoms with Crippen molar-refractivity contribution in [3.8, 4) is 45.7 Å². The lowest BCUT2D eigenvalue weighted by Crippen LogP contribution is -2.26. The fourth-order valence-corrected chi connectivity index (χ4v) is 4.15. The molecule has 0 saturated heterocycles. The number of carbonyl (C=O) groups is 1.